The first kappa shape index (κ1) is 44.0. The van der Waals surface area contributed by atoms with Gasteiger partial charge in [0.1, 0.15) is 11.5 Å². The quantitative estimate of drug-likeness (QED) is 0.126. The van der Waals surface area contributed by atoms with Crippen LogP contribution >= 0.6 is 0 Å². The zero-order valence-corrected chi connectivity index (χ0v) is 27.0. The largest absolute Gasteiger partial charge is 0.460 e. The number of benzene rings is 1. The summed E-state index contributed by atoms with van der Waals surface area (Å²) in [7, 11) is 0. The van der Waals surface area contributed by atoms with Crippen LogP contribution in [-0.2, 0) is 25.7 Å². The number of hydrogen-bond donors (Lipinski definition) is 0. The standard InChI is InChI=1S/C29H18F20N6O/c1-2-17-51-19-18(15(22(32,33)34)10-16(50-19)13-6-4-3-5-7-13)20(56)55(17)12-14-11-54(53-52-14)9-8-21(30,31)23(35,36)24(37,38)25(39,40)26(41,42)27(43,44)28(45,46)29(47,48)49/h3-7,10-11H,2,8-9,12H2,1H3. The first-order chi connectivity index (χ1) is 25.2. The predicted molar refractivity (Wildman–Crippen MR) is 148 cm³/mol. The maximum Gasteiger partial charge on any atom is 0.460 e. The molecule has 0 radical (unpaired) electrons. The molecule has 0 aliphatic heterocycles. The molecular weight excluding hydrogens is 828 g/mol. The third kappa shape index (κ3) is 6.86. The second kappa shape index (κ2) is 13.7. The van der Waals surface area contributed by atoms with Crippen LogP contribution in [0.1, 0.15) is 30.4 Å². The maximum absolute atomic E-state index is 14.4. The van der Waals surface area contributed by atoms with E-state index in [1.165, 1.54) is 31.2 Å². The van der Waals surface area contributed by atoms with E-state index in [2.05, 4.69) is 20.3 Å². The molecule has 3 heterocycles. The Balaban J connectivity index is 1.64. The Kier molecular flexibility index (Phi) is 10.8. The molecule has 27 heteroatoms. The number of hydrogen-bond acceptors (Lipinski definition) is 5. The number of nitrogens with zero attached hydrogens (tertiary/aromatic N) is 6. The molecule has 4 rings (SSSR count). The zero-order chi connectivity index (χ0) is 42.9. The van der Waals surface area contributed by atoms with E-state index in [1.54, 1.807) is 6.07 Å². The second-order valence-corrected chi connectivity index (χ2v) is 11.8. The summed E-state index contributed by atoms with van der Waals surface area (Å²) in [4.78, 5) is 21.5. The molecule has 1 aromatic carbocycles. The van der Waals surface area contributed by atoms with Gasteiger partial charge in [0, 0.05) is 24.9 Å². The van der Waals surface area contributed by atoms with E-state index in [-0.39, 0.29) is 28.2 Å². The number of rotatable bonds is 13. The fraction of sp³-hybridized carbons (Fsp3) is 0.483. The molecule has 7 nitrogen and oxygen atoms in total. The Labute approximate surface area is 296 Å². The van der Waals surface area contributed by atoms with Gasteiger partial charge >= 0.3 is 53.8 Å². The van der Waals surface area contributed by atoms with Crippen molar-refractivity contribution in [3.8, 4) is 11.3 Å². The van der Waals surface area contributed by atoms with Crippen LogP contribution in [0, 0.1) is 0 Å². The Morgan fingerprint density at radius 3 is 1.68 bits per heavy atom. The summed E-state index contributed by atoms with van der Waals surface area (Å²) in [5.41, 5.74) is -4.18. The van der Waals surface area contributed by atoms with Crippen molar-refractivity contribution in [2.75, 3.05) is 0 Å². The highest BCUT2D eigenvalue weighted by Gasteiger charge is 2.95. The van der Waals surface area contributed by atoms with Gasteiger partial charge in [-0.05, 0) is 6.07 Å². The van der Waals surface area contributed by atoms with Crippen LogP contribution in [0.4, 0.5) is 87.8 Å². The summed E-state index contributed by atoms with van der Waals surface area (Å²) in [6, 6.07) is 7.87. The fourth-order valence-corrected chi connectivity index (χ4v) is 4.96. The van der Waals surface area contributed by atoms with Gasteiger partial charge in [-0.15, -0.1) is 5.10 Å². The van der Waals surface area contributed by atoms with E-state index in [1.807, 2.05) is 0 Å². The molecule has 56 heavy (non-hydrogen) atoms. The minimum absolute atomic E-state index is 0.0439. The Morgan fingerprint density at radius 1 is 0.661 bits per heavy atom. The monoisotopic (exact) mass is 846 g/mol. The van der Waals surface area contributed by atoms with Crippen LogP contribution < -0.4 is 5.56 Å². The third-order valence-electron chi connectivity index (χ3n) is 8.05. The van der Waals surface area contributed by atoms with Crippen molar-refractivity contribution in [2.45, 2.75) is 86.7 Å². The molecule has 4 aromatic rings. The molecule has 0 atom stereocenters. The minimum atomic E-state index is -8.77. The number of aryl methyl sites for hydroxylation is 2. The molecule has 0 amide bonds. The first-order valence-corrected chi connectivity index (χ1v) is 14.9. The summed E-state index contributed by atoms with van der Waals surface area (Å²) in [5, 5.41) is 5.36. The maximum atomic E-state index is 14.4. The lowest BCUT2D eigenvalue weighted by Crippen LogP contribution is -2.74. The topological polar surface area (TPSA) is 78.5 Å². The molecule has 0 bridgehead atoms. The molecule has 0 N–H and O–H groups in total. The lowest BCUT2D eigenvalue weighted by molar-refractivity contribution is -0.461. The molecule has 0 aliphatic carbocycles. The van der Waals surface area contributed by atoms with E-state index in [0.717, 1.165) is 0 Å². The summed E-state index contributed by atoms with van der Waals surface area (Å²) >= 11 is 0. The molecule has 0 unspecified atom stereocenters. The van der Waals surface area contributed by atoms with Gasteiger partial charge in [-0.2, -0.15) is 87.8 Å². The molecule has 0 spiro atoms. The van der Waals surface area contributed by atoms with E-state index < -0.39 is 101 Å². The molecule has 3 aromatic heterocycles. The van der Waals surface area contributed by atoms with Gasteiger partial charge in [-0.25, -0.2) is 9.97 Å². The van der Waals surface area contributed by atoms with Crippen molar-refractivity contribution in [1.82, 2.24) is 29.5 Å². The van der Waals surface area contributed by atoms with Gasteiger partial charge in [-0.3, -0.25) is 14.0 Å². The van der Waals surface area contributed by atoms with Crippen molar-refractivity contribution in [3.05, 3.63) is 70.0 Å². The molecule has 0 saturated heterocycles. The van der Waals surface area contributed by atoms with Crippen LogP contribution in [0.15, 0.2) is 47.4 Å². The normalized spacial score (nSPS) is 14.5. The SMILES string of the molecule is CCc1nc2nc(-c3ccccc3)cc(C(F)(F)F)c2c(=O)n1Cc1cn(CCC(F)(F)C(F)(F)C(F)(F)C(F)(F)C(F)(F)C(F)(F)C(F)(F)C(F)(F)F)nn1. The first-order valence-electron chi connectivity index (χ1n) is 14.9. The van der Waals surface area contributed by atoms with Crippen LogP contribution in [0.3, 0.4) is 0 Å². The van der Waals surface area contributed by atoms with Crippen molar-refractivity contribution in [2.24, 2.45) is 0 Å². The summed E-state index contributed by atoms with van der Waals surface area (Å²) in [6.45, 7) is -1.37. The average Bonchev–Trinajstić information content (AvgIpc) is 3.54. The van der Waals surface area contributed by atoms with Gasteiger partial charge in [0.15, 0.2) is 5.65 Å². The highest BCUT2D eigenvalue weighted by Crippen LogP contribution is 2.64. The predicted octanol–water partition coefficient (Wildman–Crippen LogP) is 9.08. The number of aromatic nitrogens is 6. The van der Waals surface area contributed by atoms with Crippen LogP contribution in [0.5, 0.6) is 0 Å². The second-order valence-electron chi connectivity index (χ2n) is 11.8. The van der Waals surface area contributed by atoms with E-state index in [0.29, 0.717) is 16.8 Å². The Bertz CT molecular complexity index is 2120. The molecule has 0 aliphatic rings. The Morgan fingerprint density at radius 2 is 1.18 bits per heavy atom. The Hall–Kier alpha value is -4.75. The number of alkyl halides is 20. The van der Waals surface area contributed by atoms with Crippen molar-refractivity contribution in [3.63, 3.8) is 0 Å². The number of fused-ring (bicyclic) bond motifs is 1. The highest BCUT2D eigenvalue weighted by atomic mass is 19.4. The van der Waals surface area contributed by atoms with Crippen molar-refractivity contribution < 1.29 is 87.8 Å². The van der Waals surface area contributed by atoms with Crippen molar-refractivity contribution >= 4 is 11.0 Å². The molecule has 0 saturated carbocycles. The molecule has 310 valence electrons. The fourth-order valence-electron chi connectivity index (χ4n) is 4.96. The summed E-state index contributed by atoms with van der Waals surface area (Å²) < 4.78 is 274. The molecular formula is C29H18F20N6O. The van der Waals surface area contributed by atoms with Crippen LogP contribution in [0.25, 0.3) is 22.3 Å². The summed E-state index contributed by atoms with van der Waals surface area (Å²) in [5.74, 6) is -57.7. The summed E-state index contributed by atoms with van der Waals surface area (Å²) in [6.07, 6.45) is -15.6. The lowest BCUT2D eigenvalue weighted by atomic mass is 9.88. The van der Waals surface area contributed by atoms with E-state index >= 15 is 0 Å². The average molecular weight is 846 g/mol. The van der Waals surface area contributed by atoms with E-state index in [4.69, 9.17) is 0 Å². The van der Waals surface area contributed by atoms with Gasteiger partial charge in [0.2, 0.25) is 0 Å². The van der Waals surface area contributed by atoms with Gasteiger partial charge < -0.3 is 0 Å². The highest BCUT2D eigenvalue weighted by molar-refractivity contribution is 5.82. The smallest absolute Gasteiger partial charge is 0.290 e. The van der Waals surface area contributed by atoms with Crippen LogP contribution in [-0.4, -0.2) is 77.2 Å². The number of halogens is 20. The van der Waals surface area contributed by atoms with Gasteiger partial charge in [0.05, 0.1) is 29.4 Å². The zero-order valence-electron chi connectivity index (χ0n) is 27.0. The third-order valence-corrected chi connectivity index (χ3v) is 8.05. The number of pyridine rings is 1. The molecule has 0 fully saturated rings. The van der Waals surface area contributed by atoms with Crippen LogP contribution in [0.2, 0.25) is 0 Å². The van der Waals surface area contributed by atoms with Crippen molar-refractivity contribution in [1.29, 1.82) is 0 Å². The van der Waals surface area contributed by atoms with Gasteiger partial charge in [0.25, 0.3) is 5.56 Å². The minimum Gasteiger partial charge on any atom is -0.290 e. The van der Waals surface area contributed by atoms with Gasteiger partial charge in [-0.1, -0.05) is 42.5 Å². The lowest BCUT2D eigenvalue weighted by Gasteiger charge is -2.42. The van der Waals surface area contributed by atoms with E-state index in [9.17, 15) is 92.6 Å².